The van der Waals surface area contributed by atoms with Gasteiger partial charge < -0.3 is 9.80 Å². The fourth-order valence-corrected chi connectivity index (χ4v) is 2.31. The average molecular weight is 350 g/mol. The number of aromatic nitrogens is 2. The Morgan fingerprint density at radius 2 is 2.05 bits per heavy atom. The molecule has 8 heteroatoms. The molecule has 1 saturated heterocycles. The Bertz CT molecular complexity index is 540. The van der Waals surface area contributed by atoms with Gasteiger partial charge in [-0.25, -0.2) is 4.98 Å². The van der Waals surface area contributed by atoms with E-state index in [-0.39, 0.29) is 27.6 Å². The van der Waals surface area contributed by atoms with E-state index in [4.69, 9.17) is 11.6 Å². The van der Waals surface area contributed by atoms with E-state index in [1.165, 1.54) is 10.9 Å². The standard InChI is InChI=1S/C11H14BrClN4O2/c1-15-2-4-16(5-3-15)8(18)6-17-7-14-10(13)9(12)11(17)19/h7H,2-6H2,1H3. The Kier molecular flexibility index (Phi) is 4.59. The number of amides is 1. The summed E-state index contributed by atoms with van der Waals surface area (Å²) in [5.41, 5.74) is -0.345. The van der Waals surface area contributed by atoms with E-state index in [1.807, 2.05) is 7.05 Å². The topological polar surface area (TPSA) is 58.4 Å². The van der Waals surface area contributed by atoms with Crippen molar-refractivity contribution in [3.63, 3.8) is 0 Å². The molecule has 0 N–H and O–H groups in total. The van der Waals surface area contributed by atoms with Crippen LogP contribution in [-0.4, -0.2) is 58.5 Å². The van der Waals surface area contributed by atoms with Gasteiger partial charge in [0.25, 0.3) is 5.56 Å². The minimum atomic E-state index is -0.345. The Balaban J connectivity index is 2.07. The van der Waals surface area contributed by atoms with E-state index in [0.717, 1.165) is 13.1 Å². The first-order valence-corrected chi connectivity index (χ1v) is 7.03. The molecule has 0 saturated carbocycles. The molecule has 19 heavy (non-hydrogen) atoms. The summed E-state index contributed by atoms with van der Waals surface area (Å²) < 4.78 is 1.44. The summed E-state index contributed by atoms with van der Waals surface area (Å²) in [6.07, 6.45) is 1.30. The molecule has 1 fully saturated rings. The SMILES string of the molecule is CN1CCN(C(=O)Cn2cnc(Cl)c(Br)c2=O)CC1. The molecular weight excluding hydrogens is 336 g/mol. The second-order valence-electron chi connectivity index (χ2n) is 4.47. The first kappa shape index (κ1) is 14.5. The van der Waals surface area contributed by atoms with Crippen LogP contribution < -0.4 is 5.56 Å². The minimum Gasteiger partial charge on any atom is -0.339 e. The van der Waals surface area contributed by atoms with Gasteiger partial charge in [0, 0.05) is 26.2 Å². The van der Waals surface area contributed by atoms with Crippen molar-refractivity contribution in [3.8, 4) is 0 Å². The monoisotopic (exact) mass is 348 g/mol. The third kappa shape index (κ3) is 3.34. The third-order valence-corrected chi connectivity index (χ3v) is 4.33. The molecule has 1 aliphatic rings. The highest BCUT2D eigenvalue weighted by atomic mass is 79.9. The third-order valence-electron chi connectivity index (χ3n) is 3.10. The number of hydrogen-bond acceptors (Lipinski definition) is 4. The van der Waals surface area contributed by atoms with Crippen LogP contribution in [0.3, 0.4) is 0 Å². The average Bonchev–Trinajstić information content (AvgIpc) is 2.40. The van der Waals surface area contributed by atoms with E-state index in [0.29, 0.717) is 13.1 Å². The molecule has 0 aromatic carbocycles. The van der Waals surface area contributed by atoms with E-state index >= 15 is 0 Å². The number of rotatable bonds is 2. The van der Waals surface area contributed by atoms with Crippen LogP contribution in [0.25, 0.3) is 0 Å². The van der Waals surface area contributed by atoms with E-state index in [1.54, 1.807) is 4.90 Å². The largest absolute Gasteiger partial charge is 0.339 e. The molecule has 1 amide bonds. The van der Waals surface area contributed by atoms with Gasteiger partial charge in [0.15, 0.2) is 5.15 Å². The maximum Gasteiger partial charge on any atom is 0.269 e. The lowest BCUT2D eigenvalue weighted by molar-refractivity contribution is -0.133. The van der Waals surface area contributed by atoms with Gasteiger partial charge in [-0.15, -0.1) is 0 Å². The zero-order valence-corrected chi connectivity index (χ0v) is 12.8. The van der Waals surface area contributed by atoms with Crippen LogP contribution >= 0.6 is 27.5 Å². The zero-order valence-electron chi connectivity index (χ0n) is 10.5. The number of nitrogens with zero attached hydrogens (tertiary/aromatic N) is 4. The van der Waals surface area contributed by atoms with Crippen molar-refractivity contribution in [1.82, 2.24) is 19.4 Å². The van der Waals surface area contributed by atoms with Gasteiger partial charge in [-0.1, -0.05) is 11.6 Å². The van der Waals surface area contributed by atoms with Gasteiger partial charge >= 0.3 is 0 Å². The highest BCUT2D eigenvalue weighted by Gasteiger charge is 2.20. The molecular formula is C11H14BrClN4O2. The maximum atomic E-state index is 12.1. The number of likely N-dealkylation sites (N-methyl/N-ethyl adjacent to an activating group) is 1. The Hall–Kier alpha value is -0.920. The first-order chi connectivity index (χ1) is 8.99. The molecule has 2 rings (SSSR count). The molecule has 1 aliphatic heterocycles. The second kappa shape index (κ2) is 6.02. The van der Waals surface area contributed by atoms with Crippen molar-refractivity contribution in [2.75, 3.05) is 33.2 Å². The summed E-state index contributed by atoms with van der Waals surface area (Å²) in [7, 11) is 2.02. The zero-order chi connectivity index (χ0) is 14.0. The van der Waals surface area contributed by atoms with Crippen LogP contribution in [0.1, 0.15) is 0 Å². The van der Waals surface area contributed by atoms with Gasteiger partial charge in [-0.05, 0) is 23.0 Å². The highest BCUT2D eigenvalue weighted by molar-refractivity contribution is 9.10. The summed E-state index contributed by atoms with van der Waals surface area (Å²) in [6.45, 7) is 3.07. The summed E-state index contributed by atoms with van der Waals surface area (Å²) in [5, 5.41) is 0.105. The van der Waals surface area contributed by atoms with Gasteiger partial charge in [0.1, 0.15) is 11.0 Å². The first-order valence-electron chi connectivity index (χ1n) is 5.86. The van der Waals surface area contributed by atoms with Crippen molar-refractivity contribution >= 4 is 33.4 Å². The molecule has 0 radical (unpaired) electrons. The normalized spacial score (nSPS) is 16.7. The summed E-state index contributed by atoms with van der Waals surface area (Å²) in [6, 6.07) is 0. The van der Waals surface area contributed by atoms with Crippen molar-refractivity contribution in [3.05, 3.63) is 26.3 Å². The quantitative estimate of drug-likeness (QED) is 0.727. The highest BCUT2D eigenvalue weighted by Crippen LogP contribution is 2.13. The number of halogens is 2. The predicted molar refractivity (Wildman–Crippen MR) is 75.3 cm³/mol. The lowest BCUT2D eigenvalue weighted by Crippen LogP contribution is -2.48. The second-order valence-corrected chi connectivity index (χ2v) is 5.62. The summed E-state index contributed by atoms with van der Waals surface area (Å²) >= 11 is 8.78. The Morgan fingerprint density at radius 1 is 1.42 bits per heavy atom. The van der Waals surface area contributed by atoms with Crippen molar-refractivity contribution in [2.24, 2.45) is 0 Å². The van der Waals surface area contributed by atoms with Crippen molar-refractivity contribution < 1.29 is 4.79 Å². The molecule has 0 aliphatic carbocycles. The lowest BCUT2D eigenvalue weighted by atomic mass is 10.3. The van der Waals surface area contributed by atoms with Gasteiger partial charge in [-0.2, -0.15) is 0 Å². The number of piperazine rings is 1. The molecule has 0 atom stereocenters. The maximum absolute atomic E-state index is 12.1. The molecule has 1 aromatic heterocycles. The van der Waals surface area contributed by atoms with Crippen LogP contribution in [0.5, 0.6) is 0 Å². The van der Waals surface area contributed by atoms with E-state index < -0.39 is 0 Å². The van der Waals surface area contributed by atoms with Crippen molar-refractivity contribution in [1.29, 1.82) is 0 Å². The molecule has 6 nitrogen and oxygen atoms in total. The molecule has 2 heterocycles. The minimum absolute atomic E-state index is 0.00861. The smallest absolute Gasteiger partial charge is 0.269 e. The molecule has 0 unspecified atom stereocenters. The van der Waals surface area contributed by atoms with Crippen molar-refractivity contribution in [2.45, 2.75) is 6.54 Å². The van der Waals surface area contributed by atoms with Gasteiger partial charge in [0.2, 0.25) is 5.91 Å². The molecule has 1 aromatic rings. The summed E-state index contributed by atoms with van der Waals surface area (Å²) in [4.78, 5) is 31.7. The van der Waals surface area contributed by atoms with Gasteiger partial charge in [0.05, 0.1) is 6.33 Å². The van der Waals surface area contributed by atoms with Crippen LogP contribution in [0.15, 0.2) is 15.6 Å². The van der Waals surface area contributed by atoms with E-state index in [2.05, 4.69) is 25.8 Å². The van der Waals surface area contributed by atoms with Crippen LogP contribution in [0.4, 0.5) is 0 Å². The fraction of sp³-hybridized carbons (Fsp3) is 0.545. The fourth-order valence-electron chi connectivity index (χ4n) is 1.86. The molecule has 0 spiro atoms. The Morgan fingerprint density at radius 3 is 2.68 bits per heavy atom. The van der Waals surface area contributed by atoms with Crippen LogP contribution in [0.2, 0.25) is 5.15 Å². The Labute approximate surface area is 124 Å². The summed E-state index contributed by atoms with van der Waals surface area (Å²) in [5.74, 6) is -0.0776. The molecule has 0 bridgehead atoms. The predicted octanol–water partition coefficient (Wildman–Crippen LogP) is 0.433. The van der Waals surface area contributed by atoms with Crippen LogP contribution in [-0.2, 0) is 11.3 Å². The van der Waals surface area contributed by atoms with Gasteiger partial charge in [-0.3, -0.25) is 14.2 Å². The number of carbonyl (C=O) groups excluding carboxylic acids is 1. The van der Waals surface area contributed by atoms with E-state index in [9.17, 15) is 9.59 Å². The molecule has 104 valence electrons. The number of hydrogen-bond donors (Lipinski definition) is 0. The lowest BCUT2D eigenvalue weighted by Gasteiger charge is -2.32. The number of carbonyl (C=O) groups is 1. The van der Waals surface area contributed by atoms with Crippen LogP contribution in [0, 0.1) is 0 Å².